The van der Waals surface area contributed by atoms with Gasteiger partial charge < -0.3 is 38.9 Å². The highest BCUT2D eigenvalue weighted by Gasteiger charge is 2.35. The van der Waals surface area contributed by atoms with Gasteiger partial charge in [-0.3, -0.25) is 38.7 Å². The Balaban J connectivity index is 1.68. The molecule has 52 heavy (non-hydrogen) atoms. The maximum atomic E-state index is 13.6. The molecule has 280 valence electrons. The maximum Gasteiger partial charge on any atom is 0.293 e. The lowest BCUT2D eigenvalue weighted by atomic mass is 10.0. The summed E-state index contributed by atoms with van der Waals surface area (Å²) in [6.45, 7) is 2.75. The first-order chi connectivity index (χ1) is 24.9. The van der Waals surface area contributed by atoms with Gasteiger partial charge in [-0.05, 0) is 86.2 Å². The molecule has 0 aliphatic carbocycles. The van der Waals surface area contributed by atoms with E-state index in [2.05, 4.69) is 20.9 Å². The fraction of sp³-hybridized carbons (Fsp3) is 0.417. The van der Waals surface area contributed by atoms with Crippen LogP contribution in [0.5, 0.6) is 0 Å². The summed E-state index contributed by atoms with van der Waals surface area (Å²) in [7, 11) is 0. The van der Waals surface area contributed by atoms with Crippen LogP contribution in [-0.2, 0) is 25.7 Å². The number of rotatable bonds is 21. The standard InChI is InChI=1S/C36H49N9O6S/c1-2-3-12-27(33(49)44-28(13-7-8-19-37)32(48)42-26(30(38)46)14-9-20-41-35(39)40)43-31(47)25-17-15-23(16-18-25)21-29-34(50)45(36(51)52-29)22-24-10-5-4-6-11-24/h4-6,10-11,15-18,21,26-28H,2-3,7-9,12-14,19-20,22,37H2,1H3,(H2,38,46)(H,42,48)(H,43,47)(H,44,49)(H4,39,40,41)/b29-21-/t26-,27-,28-/m0/s1. The van der Waals surface area contributed by atoms with E-state index >= 15 is 0 Å². The number of hydrogen-bond acceptors (Lipinski definition) is 9. The first-order valence-corrected chi connectivity index (χ1v) is 18.1. The summed E-state index contributed by atoms with van der Waals surface area (Å²) < 4.78 is 0. The molecular weight excluding hydrogens is 687 g/mol. The van der Waals surface area contributed by atoms with E-state index < -0.39 is 47.7 Å². The lowest BCUT2D eigenvalue weighted by molar-refractivity contribution is -0.132. The van der Waals surface area contributed by atoms with Crippen LogP contribution in [0.4, 0.5) is 4.79 Å². The lowest BCUT2D eigenvalue weighted by Gasteiger charge is -2.25. The Kier molecular flexibility index (Phi) is 16.8. The van der Waals surface area contributed by atoms with Gasteiger partial charge in [-0.25, -0.2) is 0 Å². The number of carbonyl (C=O) groups excluding carboxylic acids is 6. The summed E-state index contributed by atoms with van der Waals surface area (Å²) in [6, 6.07) is 12.6. The minimum atomic E-state index is -1.02. The van der Waals surface area contributed by atoms with Crippen LogP contribution in [0.3, 0.4) is 0 Å². The molecule has 1 heterocycles. The second-order valence-electron chi connectivity index (χ2n) is 12.3. The van der Waals surface area contributed by atoms with Gasteiger partial charge in [0, 0.05) is 12.1 Å². The van der Waals surface area contributed by atoms with Crippen LogP contribution in [0, 0.1) is 0 Å². The normalized spacial score (nSPS) is 15.1. The summed E-state index contributed by atoms with van der Waals surface area (Å²) in [4.78, 5) is 83.2. The number of guanidine groups is 1. The Hall–Kier alpha value is -5.22. The van der Waals surface area contributed by atoms with E-state index in [-0.39, 0.29) is 47.6 Å². The number of nitrogens with two attached hydrogens (primary N) is 4. The first-order valence-electron chi connectivity index (χ1n) is 17.3. The van der Waals surface area contributed by atoms with Gasteiger partial charge in [0.2, 0.25) is 17.7 Å². The first kappa shape index (κ1) is 41.2. The van der Waals surface area contributed by atoms with Crippen molar-refractivity contribution in [3.63, 3.8) is 0 Å². The quantitative estimate of drug-likeness (QED) is 0.0424. The summed E-state index contributed by atoms with van der Waals surface area (Å²) in [5, 5.41) is 7.80. The Morgan fingerprint density at radius 1 is 0.808 bits per heavy atom. The molecule has 1 aliphatic rings. The zero-order valence-corrected chi connectivity index (χ0v) is 30.2. The average Bonchev–Trinajstić information content (AvgIpc) is 3.38. The number of imide groups is 1. The third-order valence-electron chi connectivity index (χ3n) is 8.18. The monoisotopic (exact) mass is 735 g/mol. The number of unbranched alkanes of at least 4 members (excludes halogenated alkanes) is 2. The number of amides is 6. The van der Waals surface area contributed by atoms with Crippen LogP contribution < -0.4 is 38.9 Å². The maximum absolute atomic E-state index is 13.6. The van der Waals surface area contributed by atoms with Crippen molar-refractivity contribution in [3.8, 4) is 0 Å². The molecule has 2 aromatic carbocycles. The molecule has 0 saturated carbocycles. The molecule has 0 unspecified atom stereocenters. The van der Waals surface area contributed by atoms with E-state index in [0.29, 0.717) is 44.2 Å². The number of thioether (sulfide) groups is 1. The van der Waals surface area contributed by atoms with Gasteiger partial charge in [-0.2, -0.15) is 0 Å². The Morgan fingerprint density at radius 2 is 1.42 bits per heavy atom. The van der Waals surface area contributed by atoms with Crippen molar-refractivity contribution in [2.75, 3.05) is 13.1 Å². The molecule has 11 N–H and O–H groups in total. The van der Waals surface area contributed by atoms with Crippen LogP contribution in [0.1, 0.15) is 79.8 Å². The van der Waals surface area contributed by atoms with E-state index in [4.69, 9.17) is 22.9 Å². The van der Waals surface area contributed by atoms with Crippen LogP contribution in [0.2, 0.25) is 0 Å². The van der Waals surface area contributed by atoms with Crippen molar-refractivity contribution in [1.82, 2.24) is 20.9 Å². The number of hydrogen-bond donors (Lipinski definition) is 7. The van der Waals surface area contributed by atoms with Crippen molar-refractivity contribution in [1.29, 1.82) is 0 Å². The van der Waals surface area contributed by atoms with Crippen molar-refractivity contribution in [3.05, 3.63) is 76.2 Å². The Labute approximate surface area is 307 Å². The molecule has 0 radical (unpaired) electrons. The van der Waals surface area contributed by atoms with E-state index in [1.165, 1.54) is 4.90 Å². The highest BCUT2D eigenvalue weighted by molar-refractivity contribution is 8.18. The predicted octanol–water partition coefficient (Wildman–Crippen LogP) is 1.85. The molecule has 2 aromatic rings. The average molecular weight is 736 g/mol. The summed E-state index contributed by atoms with van der Waals surface area (Å²) in [5.41, 5.74) is 23.6. The van der Waals surface area contributed by atoms with Crippen molar-refractivity contribution < 1.29 is 28.8 Å². The van der Waals surface area contributed by atoms with Crippen molar-refractivity contribution >= 4 is 58.6 Å². The van der Waals surface area contributed by atoms with Crippen molar-refractivity contribution in [2.45, 2.75) is 83.0 Å². The van der Waals surface area contributed by atoms with Crippen LogP contribution in [0.15, 0.2) is 64.5 Å². The molecule has 1 fully saturated rings. The number of carbonyl (C=O) groups is 6. The lowest BCUT2D eigenvalue weighted by Crippen LogP contribution is -2.56. The topological polar surface area (TPSA) is 258 Å². The molecule has 15 nitrogen and oxygen atoms in total. The van der Waals surface area contributed by atoms with E-state index in [0.717, 1.165) is 23.7 Å². The van der Waals surface area contributed by atoms with Crippen LogP contribution in [-0.4, -0.2) is 76.8 Å². The third kappa shape index (κ3) is 13.2. The number of primary amides is 1. The SMILES string of the molecule is CCCC[C@H](NC(=O)c1ccc(/C=C2\SC(=O)N(Cc3ccccc3)C2=O)cc1)C(=O)N[C@@H](CCCCN)C(=O)N[C@@H](CCCN=C(N)N)C(N)=O. The molecule has 0 spiro atoms. The Morgan fingerprint density at radius 3 is 2.04 bits per heavy atom. The molecule has 3 atom stereocenters. The Bertz CT molecular complexity index is 1610. The third-order valence-corrected chi connectivity index (χ3v) is 9.09. The van der Waals surface area contributed by atoms with Crippen LogP contribution >= 0.6 is 11.8 Å². The fourth-order valence-electron chi connectivity index (χ4n) is 5.30. The van der Waals surface area contributed by atoms with E-state index in [1.807, 2.05) is 37.3 Å². The van der Waals surface area contributed by atoms with Crippen LogP contribution in [0.25, 0.3) is 6.08 Å². The molecule has 1 saturated heterocycles. The van der Waals surface area contributed by atoms with Crippen molar-refractivity contribution in [2.24, 2.45) is 27.9 Å². The number of nitrogens with one attached hydrogen (secondary N) is 3. The number of aliphatic imine (C=N–C) groups is 1. The second kappa shape index (κ2) is 21.2. The predicted molar refractivity (Wildman–Crippen MR) is 201 cm³/mol. The molecule has 3 rings (SSSR count). The highest BCUT2D eigenvalue weighted by atomic mass is 32.2. The van der Waals surface area contributed by atoms with E-state index in [1.54, 1.807) is 30.3 Å². The summed E-state index contributed by atoms with van der Waals surface area (Å²) >= 11 is 0.852. The zero-order valence-electron chi connectivity index (χ0n) is 29.3. The second-order valence-corrected chi connectivity index (χ2v) is 13.3. The van der Waals surface area contributed by atoms with Gasteiger partial charge in [0.1, 0.15) is 18.1 Å². The molecule has 0 aromatic heterocycles. The minimum absolute atomic E-state index is 0.0943. The number of benzene rings is 2. The highest BCUT2D eigenvalue weighted by Crippen LogP contribution is 2.33. The van der Waals surface area contributed by atoms with Gasteiger partial charge in [0.25, 0.3) is 17.1 Å². The molecule has 16 heteroatoms. The minimum Gasteiger partial charge on any atom is -0.370 e. The largest absolute Gasteiger partial charge is 0.370 e. The van der Waals surface area contributed by atoms with Gasteiger partial charge in [0.15, 0.2) is 5.96 Å². The van der Waals surface area contributed by atoms with Gasteiger partial charge >= 0.3 is 0 Å². The molecule has 6 amide bonds. The fourth-order valence-corrected chi connectivity index (χ4v) is 6.14. The summed E-state index contributed by atoms with van der Waals surface area (Å²) in [5.74, 6) is -2.89. The van der Waals surface area contributed by atoms with Gasteiger partial charge in [-0.1, -0.05) is 62.2 Å². The molecule has 0 bridgehead atoms. The summed E-state index contributed by atoms with van der Waals surface area (Å²) in [6.07, 6.45) is 5.24. The molecular formula is C36H49N9O6S. The zero-order chi connectivity index (χ0) is 38.0. The van der Waals surface area contributed by atoms with Gasteiger partial charge in [0.05, 0.1) is 11.4 Å². The molecule has 1 aliphatic heterocycles. The van der Waals surface area contributed by atoms with E-state index in [9.17, 15) is 28.8 Å². The smallest absolute Gasteiger partial charge is 0.293 e. The number of nitrogens with zero attached hydrogens (tertiary/aromatic N) is 2. The van der Waals surface area contributed by atoms with Gasteiger partial charge in [-0.15, -0.1) is 0 Å².